The third-order valence-electron chi connectivity index (χ3n) is 4.37. The molecule has 1 N–H and O–H groups in total. The summed E-state index contributed by atoms with van der Waals surface area (Å²) in [7, 11) is 0. The molecule has 0 bridgehead atoms. The monoisotopic (exact) mass is 366 g/mol. The second-order valence-electron chi connectivity index (χ2n) is 6.07. The van der Waals surface area contributed by atoms with Gasteiger partial charge in [0.1, 0.15) is 5.82 Å². The van der Waals surface area contributed by atoms with Crippen molar-refractivity contribution in [3.63, 3.8) is 0 Å². The van der Waals surface area contributed by atoms with Crippen LogP contribution in [0, 0.1) is 6.92 Å². The molecule has 0 saturated heterocycles. The highest BCUT2D eigenvalue weighted by molar-refractivity contribution is 6.39. The third-order valence-corrected chi connectivity index (χ3v) is 5.00. The number of aryl methyl sites for hydroxylation is 1. The number of hydrogen-bond donors (Lipinski definition) is 1. The molecule has 4 heteroatoms. The van der Waals surface area contributed by atoms with Crippen molar-refractivity contribution >= 4 is 34.0 Å². The van der Waals surface area contributed by atoms with Crippen LogP contribution in [0.1, 0.15) is 17.1 Å². The summed E-state index contributed by atoms with van der Waals surface area (Å²) < 4.78 is 0. The molecule has 0 amide bonds. The van der Waals surface area contributed by atoms with Crippen molar-refractivity contribution in [2.24, 2.45) is 0 Å². The molecule has 0 atom stereocenters. The van der Waals surface area contributed by atoms with Gasteiger partial charge in [0.15, 0.2) is 0 Å². The van der Waals surface area contributed by atoms with E-state index < -0.39 is 0 Å². The Hall–Kier alpha value is -2.29. The van der Waals surface area contributed by atoms with Gasteiger partial charge in [0.05, 0.1) is 15.7 Å². The Labute approximate surface area is 156 Å². The van der Waals surface area contributed by atoms with Crippen LogP contribution in [0.5, 0.6) is 0 Å². The molecule has 0 aliphatic rings. The molecule has 0 saturated carbocycles. The Morgan fingerprint density at radius 1 is 0.880 bits per heavy atom. The molecule has 124 valence electrons. The molecule has 0 unspecified atom stereocenters. The van der Waals surface area contributed by atoms with Gasteiger partial charge in [-0.15, -0.1) is 0 Å². The highest BCUT2D eigenvalue weighted by atomic mass is 35.5. The molecule has 2 nitrogen and oxygen atoms in total. The molecular weight excluding hydrogens is 351 g/mol. The van der Waals surface area contributed by atoms with Crippen molar-refractivity contribution in [1.82, 2.24) is 9.97 Å². The average molecular weight is 367 g/mol. The molecule has 25 heavy (non-hydrogen) atoms. The van der Waals surface area contributed by atoms with Crippen molar-refractivity contribution < 1.29 is 0 Å². The summed E-state index contributed by atoms with van der Waals surface area (Å²) in [5.41, 5.74) is 3.79. The number of imidazole rings is 1. The number of aromatic amines is 1. The number of nitrogens with zero attached hydrogens (tertiary/aromatic N) is 1. The predicted octanol–water partition coefficient (Wildman–Crippen LogP) is 6.44. The predicted molar refractivity (Wildman–Crippen MR) is 106 cm³/mol. The van der Waals surface area contributed by atoms with Gasteiger partial charge in [0, 0.05) is 17.7 Å². The first-order valence-electron chi connectivity index (χ1n) is 8.10. The van der Waals surface area contributed by atoms with Crippen LogP contribution in [0.25, 0.3) is 22.0 Å². The number of hydrogen-bond acceptors (Lipinski definition) is 1. The third kappa shape index (κ3) is 3.04. The van der Waals surface area contributed by atoms with Crippen LogP contribution in [0.4, 0.5) is 0 Å². The van der Waals surface area contributed by atoms with Crippen LogP contribution in [-0.2, 0) is 6.42 Å². The second-order valence-corrected chi connectivity index (χ2v) is 6.88. The minimum Gasteiger partial charge on any atom is -0.345 e. The van der Waals surface area contributed by atoms with E-state index in [1.165, 1.54) is 16.3 Å². The average Bonchev–Trinajstić information content (AvgIpc) is 2.95. The molecule has 0 radical (unpaired) electrons. The van der Waals surface area contributed by atoms with E-state index in [4.69, 9.17) is 28.2 Å². The Bertz CT molecular complexity index is 1040. The first-order chi connectivity index (χ1) is 12.1. The van der Waals surface area contributed by atoms with E-state index in [0.29, 0.717) is 10.0 Å². The molecule has 0 aliphatic heterocycles. The van der Waals surface area contributed by atoms with Gasteiger partial charge in [-0.05, 0) is 35.4 Å². The van der Waals surface area contributed by atoms with E-state index in [1.807, 2.05) is 25.1 Å². The number of fused-ring (bicyclic) bond motifs is 1. The molecular formula is C21H16Cl2N2. The number of H-pyrrole nitrogens is 1. The zero-order valence-electron chi connectivity index (χ0n) is 13.7. The number of benzene rings is 3. The minimum atomic E-state index is 0.610. The molecule has 1 aromatic heterocycles. The lowest BCUT2D eigenvalue weighted by atomic mass is 10.0. The molecule has 1 heterocycles. The number of aromatic nitrogens is 2. The van der Waals surface area contributed by atoms with Crippen molar-refractivity contribution in [2.75, 3.05) is 0 Å². The lowest BCUT2D eigenvalue weighted by Gasteiger charge is -2.05. The van der Waals surface area contributed by atoms with Gasteiger partial charge in [0.2, 0.25) is 0 Å². The number of nitrogens with one attached hydrogen (secondary N) is 1. The highest BCUT2D eigenvalue weighted by Crippen LogP contribution is 2.35. The summed E-state index contributed by atoms with van der Waals surface area (Å²) in [5, 5.41) is 3.70. The van der Waals surface area contributed by atoms with Crippen molar-refractivity contribution in [3.8, 4) is 11.3 Å². The van der Waals surface area contributed by atoms with Gasteiger partial charge < -0.3 is 4.98 Å². The van der Waals surface area contributed by atoms with E-state index in [-0.39, 0.29) is 0 Å². The fourth-order valence-electron chi connectivity index (χ4n) is 3.20. The molecule has 3 aromatic carbocycles. The van der Waals surface area contributed by atoms with Crippen LogP contribution in [0.3, 0.4) is 0 Å². The normalized spacial score (nSPS) is 11.2. The van der Waals surface area contributed by atoms with E-state index in [2.05, 4.69) is 47.4 Å². The molecule has 4 aromatic rings. The van der Waals surface area contributed by atoms with Gasteiger partial charge >= 0.3 is 0 Å². The molecule has 0 spiro atoms. The van der Waals surface area contributed by atoms with Crippen molar-refractivity contribution in [3.05, 3.63) is 87.8 Å². The standard InChI is InChI=1S/C21H16Cl2N2/c1-13-21(20-17(22)10-5-11-18(20)23)25-19(24-13)12-15-8-4-7-14-6-2-3-9-16(14)15/h2-11H,12H2,1H3,(H,24,25). The van der Waals surface area contributed by atoms with Gasteiger partial charge in [-0.3, -0.25) is 0 Å². The maximum absolute atomic E-state index is 6.35. The van der Waals surface area contributed by atoms with Crippen LogP contribution in [-0.4, -0.2) is 9.97 Å². The van der Waals surface area contributed by atoms with Gasteiger partial charge in [-0.1, -0.05) is 71.7 Å². The quantitative estimate of drug-likeness (QED) is 0.444. The smallest absolute Gasteiger partial charge is 0.111 e. The zero-order valence-corrected chi connectivity index (χ0v) is 15.2. The van der Waals surface area contributed by atoms with Crippen LogP contribution in [0.2, 0.25) is 10.0 Å². The largest absolute Gasteiger partial charge is 0.345 e. The molecule has 4 rings (SSSR count). The summed E-state index contributed by atoms with van der Waals surface area (Å²) in [4.78, 5) is 8.16. The summed E-state index contributed by atoms with van der Waals surface area (Å²) in [6.45, 7) is 1.99. The summed E-state index contributed by atoms with van der Waals surface area (Å²) in [6, 6.07) is 20.3. The maximum Gasteiger partial charge on any atom is 0.111 e. The second kappa shape index (κ2) is 6.55. The number of halogens is 2. The Morgan fingerprint density at radius 3 is 2.36 bits per heavy atom. The summed E-state index contributed by atoms with van der Waals surface area (Å²) in [6.07, 6.45) is 0.726. The lowest BCUT2D eigenvalue weighted by molar-refractivity contribution is 1.02. The fraction of sp³-hybridized carbons (Fsp3) is 0.0952. The van der Waals surface area contributed by atoms with Gasteiger partial charge in [-0.2, -0.15) is 0 Å². The van der Waals surface area contributed by atoms with Crippen LogP contribution in [0.15, 0.2) is 60.7 Å². The lowest BCUT2D eigenvalue weighted by Crippen LogP contribution is -1.92. The minimum absolute atomic E-state index is 0.610. The van der Waals surface area contributed by atoms with E-state index in [9.17, 15) is 0 Å². The SMILES string of the molecule is Cc1[nH]c(Cc2cccc3ccccc23)nc1-c1c(Cl)cccc1Cl. The Morgan fingerprint density at radius 2 is 1.56 bits per heavy atom. The number of rotatable bonds is 3. The Balaban J connectivity index is 1.76. The van der Waals surface area contributed by atoms with Crippen LogP contribution < -0.4 is 0 Å². The van der Waals surface area contributed by atoms with Gasteiger partial charge in [0.25, 0.3) is 0 Å². The zero-order chi connectivity index (χ0) is 17.4. The molecule has 0 aliphatic carbocycles. The van der Waals surface area contributed by atoms with E-state index in [1.54, 1.807) is 0 Å². The molecule has 0 fully saturated rings. The first-order valence-corrected chi connectivity index (χ1v) is 8.85. The topological polar surface area (TPSA) is 28.7 Å². The van der Waals surface area contributed by atoms with E-state index in [0.717, 1.165) is 29.2 Å². The highest BCUT2D eigenvalue weighted by Gasteiger charge is 2.16. The fourth-order valence-corrected chi connectivity index (χ4v) is 3.78. The van der Waals surface area contributed by atoms with Gasteiger partial charge in [-0.25, -0.2) is 4.98 Å². The summed E-state index contributed by atoms with van der Waals surface area (Å²) >= 11 is 12.7. The van der Waals surface area contributed by atoms with Crippen molar-refractivity contribution in [2.45, 2.75) is 13.3 Å². The first kappa shape index (κ1) is 16.2. The van der Waals surface area contributed by atoms with E-state index >= 15 is 0 Å². The Kier molecular flexibility index (Phi) is 4.24. The van der Waals surface area contributed by atoms with Crippen molar-refractivity contribution in [1.29, 1.82) is 0 Å². The van der Waals surface area contributed by atoms with Crippen LogP contribution >= 0.6 is 23.2 Å². The maximum atomic E-state index is 6.35. The summed E-state index contributed by atoms with van der Waals surface area (Å²) in [5.74, 6) is 0.903.